The predicted octanol–water partition coefficient (Wildman–Crippen LogP) is 0.0742. The van der Waals surface area contributed by atoms with E-state index in [2.05, 4.69) is 5.32 Å². The normalized spacial score (nSPS) is 34.9. The maximum Gasteiger partial charge on any atom is 0.219 e. The maximum atomic E-state index is 11.1. The Morgan fingerprint density at radius 2 is 1.92 bits per heavy atom. The maximum absolute atomic E-state index is 11.1. The van der Waals surface area contributed by atoms with Crippen LogP contribution >= 0.6 is 0 Å². The number of hydrogen-bond acceptors (Lipinski definition) is 2. The fraction of sp³-hybridized carbons (Fsp3) is 0.889. The van der Waals surface area contributed by atoms with Crippen LogP contribution in [0.15, 0.2) is 0 Å². The zero-order chi connectivity index (χ0) is 8.55. The summed E-state index contributed by atoms with van der Waals surface area (Å²) in [7, 11) is 0. The number of rotatable bonds is 0. The minimum atomic E-state index is 0.242. The molecule has 0 aromatic carbocycles. The molecule has 2 aliphatic heterocycles. The fourth-order valence-electron chi connectivity index (χ4n) is 2.36. The van der Waals surface area contributed by atoms with E-state index in [1.807, 2.05) is 4.90 Å². The summed E-state index contributed by atoms with van der Waals surface area (Å²) in [4.78, 5) is 13.1. The van der Waals surface area contributed by atoms with Crippen LogP contribution in [0.25, 0.3) is 0 Å². The van der Waals surface area contributed by atoms with Gasteiger partial charge in [-0.05, 0) is 31.3 Å². The van der Waals surface area contributed by atoms with Gasteiger partial charge in [0.1, 0.15) is 0 Å². The van der Waals surface area contributed by atoms with Crippen LogP contribution in [0.5, 0.6) is 0 Å². The molecule has 2 atom stereocenters. The van der Waals surface area contributed by atoms with E-state index in [9.17, 15) is 4.79 Å². The lowest BCUT2D eigenvalue weighted by Crippen LogP contribution is -2.52. The molecule has 3 heteroatoms. The Morgan fingerprint density at radius 3 is 2.42 bits per heavy atom. The molecule has 0 aromatic rings. The zero-order valence-corrected chi connectivity index (χ0v) is 7.55. The van der Waals surface area contributed by atoms with Crippen molar-refractivity contribution in [2.24, 2.45) is 11.8 Å². The van der Waals surface area contributed by atoms with E-state index in [1.54, 1.807) is 6.92 Å². The second-order valence-corrected chi connectivity index (χ2v) is 4.05. The Hall–Kier alpha value is -0.570. The van der Waals surface area contributed by atoms with Gasteiger partial charge in [0.05, 0.1) is 0 Å². The van der Waals surface area contributed by atoms with Gasteiger partial charge in [0, 0.05) is 20.0 Å². The topological polar surface area (TPSA) is 32.3 Å². The van der Waals surface area contributed by atoms with E-state index in [0.29, 0.717) is 11.8 Å². The van der Waals surface area contributed by atoms with Crippen molar-refractivity contribution < 1.29 is 4.79 Å². The first-order chi connectivity index (χ1) is 5.75. The van der Waals surface area contributed by atoms with E-state index in [4.69, 9.17) is 0 Å². The van der Waals surface area contributed by atoms with Gasteiger partial charge >= 0.3 is 0 Å². The number of carbonyl (C=O) groups is 1. The number of hydrogen-bond donors (Lipinski definition) is 1. The van der Waals surface area contributed by atoms with Crippen molar-refractivity contribution in [1.82, 2.24) is 10.2 Å². The Bertz CT molecular complexity index is 181. The molecule has 3 nitrogen and oxygen atoms in total. The SMILES string of the molecule is CC(=O)N1C[C@@H]2CNC[C@@H](C2)C1. The van der Waals surface area contributed by atoms with Crippen LogP contribution < -0.4 is 5.32 Å². The highest BCUT2D eigenvalue weighted by molar-refractivity contribution is 5.73. The van der Waals surface area contributed by atoms with Gasteiger partial charge in [-0.15, -0.1) is 0 Å². The molecule has 0 aliphatic carbocycles. The third-order valence-electron chi connectivity index (χ3n) is 2.94. The fourth-order valence-corrected chi connectivity index (χ4v) is 2.36. The summed E-state index contributed by atoms with van der Waals surface area (Å²) in [5.41, 5.74) is 0. The molecule has 0 unspecified atom stereocenters. The molecule has 0 radical (unpaired) electrons. The molecule has 1 N–H and O–H groups in total. The van der Waals surface area contributed by atoms with Crippen LogP contribution in [0.1, 0.15) is 13.3 Å². The Morgan fingerprint density at radius 1 is 1.33 bits per heavy atom. The standard InChI is InChI=1S/C9H16N2O/c1-7(12)11-5-8-2-9(6-11)4-10-3-8/h8-10H,2-6H2,1H3/t8-,9+. The highest BCUT2D eigenvalue weighted by atomic mass is 16.2. The number of piperidine rings is 2. The first kappa shape index (κ1) is 8.05. The number of likely N-dealkylation sites (tertiary alicyclic amines) is 1. The van der Waals surface area contributed by atoms with Gasteiger partial charge in [0.25, 0.3) is 0 Å². The summed E-state index contributed by atoms with van der Waals surface area (Å²) >= 11 is 0. The van der Waals surface area contributed by atoms with Crippen LogP contribution in [0.3, 0.4) is 0 Å². The third kappa shape index (κ3) is 1.46. The molecule has 2 heterocycles. The number of carbonyl (C=O) groups excluding carboxylic acids is 1. The van der Waals surface area contributed by atoms with Gasteiger partial charge in [-0.25, -0.2) is 0 Å². The van der Waals surface area contributed by atoms with E-state index in [0.717, 1.165) is 26.2 Å². The Balaban J connectivity index is 2.00. The highest BCUT2D eigenvalue weighted by Crippen LogP contribution is 2.24. The van der Waals surface area contributed by atoms with Gasteiger partial charge in [-0.3, -0.25) is 4.79 Å². The molecule has 12 heavy (non-hydrogen) atoms. The molecule has 2 fully saturated rings. The predicted molar refractivity (Wildman–Crippen MR) is 46.7 cm³/mol. The average molecular weight is 168 g/mol. The number of nitrogens with one attached hydrogen (secondary N) is 1. The third-order valence-corrected chi connectivity index (χ3v) is 2.94. The minimum Gasteiger partial charge on any atom is -0.342 e. The smallest absolute Gasteiger partial charge is 0.219 e. The summed E-state index contributed by atoms with van der Waals surface area (Å²) in [6.45, 7) is 5.81. The monoisotopic (exact) mass is 168 g/mol. The molecule has 2 rings (SSSR count). The van der Waals surface area contributed by atoms with Crippen LogP contribution in [-0.2, 0) is 4.79 Å². The van der Waals surface area contributed by atoms with Crippen LogP contribution in [0.2, 0.25) is 0 Å². The van der Waals surface area contributed by atoms with Crippen molar-refractivity contribution in [3.05, 3.63) is 0 Å². The molecule has 0 spiro atoms. The second-order valence-electron chi connectivity index (χ2n) is 4.05. The molecular formula is C9H16N2O. The Labute approximate surface area is 73.1 Å². The van der Waals surface area contributed by atoms with Crippen molar-refractivity contribution in [3.8, 4) is 0 Å². The second kappa shape index (κ2) is 3.05. The summed E-state index contributed by atoms with van der Waals surface area (Å²) < 4.78 is 0. The van der Waals surface area contributed by atoms with E-state index < -0.39 is 0 Å². The van der Waals surface area contributed by atoms with Crippen molar-refractivity contribution in [3.63, 3.8) is 0 Å². The molecule has 2 aliphatic rings. The lowest BCUT2D eigenvalue weighted by Gasteiger charge is -2.41. The number of fused-ring (bicyclic) bond motifs is 2. The summed E-state index contributed by atoms with van der Waals surface area (Å²) in [6, 6.07) is 0. The zero-order valence-electron chi connectivity index (χ0n) is 7.55. The molecule has 68 valence electrons. The van der Waals surface area contributed by atoms with Crippen LogP contribution in [0.4, 0.5) is 0 Å². The van der Waals surface area contributed by atoms with Crippen molar-refractivity contribution >= 4 is 5.91 Å². The van der Waals surface area contributed by atoms with Crippen LogP contribution in [-0.4, -0.2) is 37.0 Å². The minimum absolute atomic E-state index is 0.242. The van der Waals surface area contributed by atoms with Gasteiger partial charge in [0.2, 0.25) is 5.91 Å². The Kier molecular flexibility index (Phi) is 2.05. The van der Waals surface area contributed by atoms with E-state index >= 15 is 0 Å². The summed E-state index contributed by atoms with van der Waals surface area (Å²) in [5, 5.41) is 3.41. The lowest BCUT2D eigenvalue weighted by atomic mass is 9.86. The van der Waals surface area contributed by atoms with Gasteiger partial charge < -0.3 is 10.2 Å². The van der Waals surface area contributed by atoms with Gasteiger partial charge in [-0.1, -0.05) is 0 Å². The first-order valence-corrected chi connectivity index (χ1v) is 4.72. The molecule has 2 bridgehead atoms. The number of amides is 1. The quantitative estimate of drug-likeness (QED) is 0.555. The first-order valence-electron chi connectivity index (χ1n) is 4.72. The molecule has 2 saturated heterocycles. The summed E-state index contributed by atoms with van der Waals surface area (Å²) in [6.07, 6.45) is 1.32. The van der Waals surface area contributed by atoms with Crippen molar-refractivity contribution in [2.75, 3.05) is 26.2 Å². The van der Waals surface area contributed by atoms with Gasteiger partial charge in [-0.2, -0.15) is 0 Å². The largest absolute Gasteiger partial charge is 0.342 e. The van der Waals surface area contributed by atoms with Crippen LogP contribution in [0, 0.1) is 11.8 Å². The molecular weight excluding hydrogens is 152 g/mol. The molecule has 1 amide bonds. The molecule has 0 aromatic heterocycles. The van der Waals surface area contributed by atoms with Gasteiger partial charge in [0.15, 0.2) is 0 Å². The van der Waals surface area contributed by atoms with E-state index in [-0.39, 0.29) is 5.91 Å². The lowest BCUT2D eigenvalue weighted by molar-refractivity contribution is -0.132. The average Bonchev–Trinajstić information content (AvgIpc) is 2.03. The van der Waals surface area contributed by atoms with E-state index in [1.165, 1.54) is 6.42 Å². The number of nitrogens with zero attached hydrogens (tertiary/aromatic N) is 1. The van der Waals surface area contributed by atoms with Crippen molar-refractivity contribution in [1.29, 1.82) is 0 Å². The molecule has 0 saturated carbocycles. The highest BCUT2D eigenvalue weighted by Gasteiger charge is 2.31. The van der Waals surface area contributed by atoms with Crippen molar-refractivity contribution in [2.45, 2.75) is 13.3 Å². The summed E-state index contributed by atoms with van der Waals surface area (Å²) in [5.74, 6) is 1.66.